The van der Waals surface area contributed by atoms with Crippen LogP contribution in [0.3, 0.4) is 0 Å². The van der Waals surface area contributed by atoms with Gasteiger partial charge in [0, 0.05) is 16.9 Å². The third kappa shape index (κ3) is 4.58. The number of amides is 1. The first-order valence-corrected chi connectivity index (χ1v) is 11.4. The number of nitrogens with one attached hydrogen (secondary N) is 1. The standard InChI is InChI=1S/C27H26N2O2S/c1-27(2,25(30)29-26-28-23(18-32-26)19-10-6-4-7-11-19)24(20-12-8-5-9-13-20)21-14-16-22(31-3)17-15-21/h4-18,24H,1-3H3,(H,28,29,30). The maximum Gasteiger partial charge on any atom is 0.232 e. The van der Waals surface area contributed by atoms with Gasteiger partial charge in [0.25, 0.3) is 0 Å². The predicted octanol–water partition coefficient (Wildman–Crippen LogP) is 6.62. The van der Waals surface area contributed by atoms with Crippen LogP contribution in [0.4, 0.5) is 5.13 Å². The highest BCUT2D eigenvalue weighted by Crippen LogP contribution is 2.42. The second-order valence-corrected chi connectivity index (χ2v) is 9.05. The van der Waals surface area contributed by atoms with Crippen LogP contribution in [0.5, 0.6) is 5.75 Å². The molecule has 0 aliphatic heterocycles. The number of hydrogen-bond donors (Lipinski definition) is 1. The fourth-order valence-electron chi connectivity index (χ4n) is 3.93. The number of hydrogen-bond acceptors (Lipinski definition) is 4. The van der Waals surface area contributed by atoms with E-state index in [0.717, 1.165) is 28.1 Å². The minimum Gasteiger partial charge on any atom is -0.497 e. The van der Waals surface area contributed by atoms with Crippen molar-refractivity contribution in [1.82, 2.24) is 4.98 Å². The van der Waals surface area contributed by atoms with Gasteiger partial charge in [0.1, 0.15) is 5.75 Å². The van der Waals surface area contributed by atoms with Gasteiger partial charge in [-0.3, -0.25) is 4.79 Å². The predicted molar refractivity (Wildman–Crippen MR) is 131 cm³/mol. The lowest BCUT2D eigenvalue weighted by molar-refractivity contribution is -0.124. The van der Waals surface area contributed by atoms with Gasteiger partial charge in [-0.2, -0.15) is 0 Å². The molecule has 0 fully saturated rings. The van der Waals surface area contributed by atoms with Crippen LogP contribution in [-0.4, -0.2) is 18.0 Å². The molecule has 32 heavy (non-hydrogen) atoms. The van der Waals surface area contributed by atoms with Crippen molar-refractivity contribution in [3.63, 3.8) is 0 Å². The number of benzene rings is 3. The smallest absolute Gasteiger partial charge is 0.232 e. The molecule has 0 saturated heterocycles. The molecule has 0 aliphatic carbocycles. The highest BCUT2D eigenvalue weighted by atomic mass is 32.1. The Balaban J connectivity index is 1.63. The molecule has 0 spiro atoms. The maximum absolute atomic E-state index is 13.5. The van der Waals surface area contributed by atoms with Crippen LogP contribution in [0.15, 0.2) is 90.3 Å². The lowest BCUT2D eigenvalue weighted by Gasteiger charge is -2.33. The first-order chi connectivity index (χ1) is 15.5. The molecule has 5 heteroatoms. The zero-order valence-corrected chi connectivity index (χ0v) is 19.2. The fourth-order valence-corrected chi connectivity index (χ4v) is 4.64. The number of nitrogens with zero attached hydrogens (tertiary/aromatic N) is 1. The highest BCUT2D eigenvalue weighted by Gasteiger charge is 2.39. The van der Waals surface area contributed by atoms with E-state index in [1.807, 2.05) is 92.0 Å². The SMILES string of the molecule is COc1ccc(C(c2ccccc2)C(C)(C)C(=O)Nc2nc(-c3ccccc3)cs2)cc1. The molecule has 1 amide bonds. The topological polar surface area (TPSA) is 51.2 Å². The highest BCUT2D eigenvalue weighted by molar-refractivity contribution is 7.14. The minimum absolute atomic E-state index is 0.0730. The molecule has 162 valence electrons. The van der Waals surface area contributed by atoms with E-state index in [4.69, 9.17) is 4.74 Å². The maximum atomic E-state index is 13.5. The number of carbonyl (C=O) groups excluding carboxylic acids is 1. The van der Waals surface area contributed by atoms with Crippen molar-refractivity contribution in [2.24, 2.45) is 5.41 Å². The summed E-state index contributed by atoms with van der Waals surface area (Å²) in [4.78, 5) is 18.2. The summed E-state index contributed by atoms with van der Waals surface area (Å²) in [5, 5.41) is 5.63. The number of carbonyl (C=O) groups is 1. The van der Waals surface area contributed by atoms with Gasteiger partial charge in [0.2, 0.25) is 5.91 Å². The Hall–Kier alpha value is -3.44. The summed E-state index contributed by atoms with van der Waals surface area (Å²) >= 11 is 1.44. The van der Waals surface area contributed by atoms with E-state index in [1.54, 1.807) is 7.11 Å². The lowest BCUT2D eigenvalue weighted by atomic mass is 9.70. The van der Waals surface area contributed by atoms with Crippen LogP contribution >= 0.6 is 11.3 Å². The van der Waals surface area contributed by atoms with E-state index >= 15 is 0 Å². The Kier molecular flexibility index (Phi) is 6.37. The average molecular weight is 443 g/mol. The number of rotatable bonds is 7. The van der Waals surface area contributed by atoms with Gasteiger partial charge in [-0.15, -0.1) is 11.3 Å². The fraction of sp³-hybridized carbons (Fsp3) is 0.185. The monoisotopic (exact) mass is 442 g/mol. The lowest BCUT2D eigenvalue weighted by Crippen LogP contribution is -2.37. The zero-order valence-electron chi connectivity index (χ0n) is 18.4. The third-order valence-electron chi connectivity index (χ3n) is 5.68. The third-order valence-corrected chi connectivity index (χ3v) is 6.44. The van der Waals surface area contributed by atoms with E-state index in [2.05, 4.69) is 22.4 Å². The minimum atomic E-state index is -0.728. The van der Waals surface area contributed by atoms with Crippen molar-refractivity contribution in [2.75, 3.05) is 12.4 Å². The molecular weight excluding hydrogens is 416 g/mol. The number of ether oxygens (including phenoxy) is 1. The molecule has 1 aromatic heterocycles. The molecular formula is C27H26N2O2S. The van der Waals surface area contributed by atoms with Crippen LogP contribution in [0.1, 0.15) is 30.9 Å². The molecule has 1 unspecified atom stereocenters. The van der Waals surface area contributed by atoms with Crippen molar-refractivity contribution in [3.05, 3.63) is 101 Å². The molecule has 0 radical (unpaired) electrons. The van der Waals surface area contributed by atoms with E-state index in [9.17, 15) is 4.79 Å². The van der Waals surface area contributed by atoms with Crippen molar-refractivity contribution < 1.29 is 9.53 Å². The number of anilines is 1. The Morgan fingerprint density at radius 2 is 1.50 bits per heavy atom. The van der Waals surface area contributed by atoms with Crippen LogP contribution in [-0.2, 0) is 4.79 Å². The molecule has 0 saturated carbocycles. The van der Waals surface area contributed by atoms with Crippen LogP contribution in [0, 0.1) is 5.41 Å². The number of methoxy groups -OCH3 is 1. The van der Waals surface area contributed by atoms with Gasteiger partial charge in [0.15, 0.2) is 5.13 Å². The van der Waals surface area contributed by atoms with Crippen molar-refractivity contribution in [1.29, 1.82) is 0 Å². The van der Waals surface area contributed by atoms with Crippen molar-refractivity contribution in [3.8, 4) is 17.0 Å². The zero-order chi connectivity index (χ0) is 22.6. The molecule has 1 heterocycles. The van der Waals surface area contributed by atoms with Gasteiger partial charge in [-0.25, -0.2) is 4.98 Å². The molecule has 1 atom stereocenters. The Bertz CT molecular complexity index is 1170. The molecule has 4 aromatic rings. The number of thiazole rings is 1. The molecule has 1 N–H and O–H groups in total. The molecule has 0 aliphatic rings. The van der Waals surface area contributed by atoms with Gasteiger partial charge >= 0.3 is 0 Å². The summed E-state index contributed by atoms with van der Waals surface area (Å²) in [6.45, 7) is 3.96. The summed E-state index contributed by atoms with van der Waals surface area (Å²) < 4.78 is 5.32. The van der Waals surface area contributed by atoms with E-state index < -0.39 is 5.41 Å². The summed E-state index contributed by atoms with van der Waals surface area (Å²) in [6, 6.07) is 28.0. The van der Waals surface area contributed by atoms with Gasteiger partial charge in [-0.05, 0) is 23.3 Å². The van der Waals surface area contributed by atoms with Gasteiger partial charge in [0.05, 0.1) is 18.2 Å². The van der Waals surface area contributed by atoms with Crippen LogP contribution in [0.25, 0.3) is 11.3 Å². The second-order valence-electron chi connectivity index (χ2n) is 8.20. The summed E-state index contributed by atoms with van der Waals surface area (Å²) in [5.74, 6) is 0.582. The van der Waals surface area contributed by atoms with E-state index in [1.165, 1.54) is 11.3 Å². The summed E-state index contributed by atoms with van der Waals surface area (Å²) in [5.41, 5.74) is 3.31. The quantitative estimate of drug-likeness (QED) is 0.350. The van der Waals surface area contributed by atoms with Crippen molar-refractivity contribution in [2.45, 2.75) is 19.8 Å². The first-order valence-electron chi connectivity index (χ1n) is 10.5. The summed E-state index contributed by atoms with van der Waals surface area (Å²) in [7, 11) is 1.65. The van der Waals surface area contributed by atoms with E-state index in [-0.39, 0.29) is 11.8 Å². The number of aromatic nitrogens is 1. The Labute approximate surface area is 192 Å². The summed E-state index contributed by atoms with van der Waals surface area (Å²) in [6.07, 6.45) is 0. The van der Waals surface area contributed by atoms with Gasteiger partial charge < -0.3 is 10.1 Å². The first kappa shape index (κ1) is 21.8. The Morgan fingerprint density at radius 3 is 2.12 bits per heavy atom. The van der Waals surface area contributed by atoms with Crippen LogP contribution < -0.4 is 10.1 Å². The second kappa shape index (κ2) is 9.37. The molecule has 4 nitrogen and oxygen atoms in total. The molecule has 4 rings (SSSR count). The largest absolute Gasteiger partial charge is 0.497 e. The van der Waals surface area contributed by atoms with Crippen molar-refractivity contribution >= 4 is 22.4 Å². The normalized spacial score (nSPS) is 12.2. The van der Waals surface area contributed by atoms with Crippen LogP contribution in [0.2, 0.25) is 0 Å². The molecule has 3 aromatic carbocycles. The van der Waals surface area contributed by atoms with Gasteiger partial charge in [-0.1, -0.05) is 86.6 Å². The Morgan fingerprint density at radius 1 is 0.906 bits per heavy atom. The van der Waals surface area contributed by atoms with E-state index in [0.29, 0.717) is 5.13 Å². The molecule has 0 bridgehead atoms. The average Bonchev–Trinajstić information content (AvgIpc) is 3.29.